The summed E-state index contributed by atoms with van der Waals surface area (Å²) >= 11 is 0. The van der Waals surface area contributed by atoms with Crippen LogP contribution in [-0.2, 0) is 4.79 Å². The quantitative estimate of drug-likeness (QED) is 0.134. The predicted octanol–water partition coefficient (Wildman–Crippen LogP) is 6.20. The van der Waals surface area contributed by atoms with Gasteiger partial charge in [-0.05, 0) is 54.3 Å². The normalized spacial score (nSPS) is 15.3. The van der Waals surface area contributed by atoms with Crippen LogP contribution in [0.3, 0.4) is 0 Å². The third-order valence-corrected chi connectivity index (χ3v) is 7.08. The van der Waals surface area contributed by atoms with E-state index in [9.17, 15) is 9.18 Å². The van der Waals surface area contributed by atoms with Crippen LogP contribution in [0.1, 0.15) is 49.9 Å². The number of H-pyrrole nitrogens is 1. The molecule has 1 atom stereocenters. The van der Waals surface area contributed by atoms with E-state index in [4.69, 9.17) is 4.98 Å². The zero-order valence-corrected chi connectivity index (χ0v) is 22.6. The lowest BCUT2D eigenvalue weighted by Crippen LogP contribution is -2.20. The Morgan fingerprint density at radius 1 is 1.15 bits per heavy atom. The summed E-state index contributed by atoms with van der Waals surface area (Å²) in [7, 11) is 1.65. The van der Waals surface area contributed by atoms with Gasteiger partial charge in [-0.1, -0.05) is 50.1 Å². The first-order valence-corrected chi connectivity index (χ1v) is 13.4. The van der Waals surface area contributed by atoms with Gasteiger partial charge >= 0.3 is 0 Å². The third kappa shape index (κ3) is 6.31. The number of amides is 1. The number of nitrogens with one attached hydrogen (secondary N) is 3. The molecular formula is C31H32FN7O. The highest BCUT2D eigenvalue weighted by Gasteiger charge is 2.22. The van der Waals surface area contributed by atoms with Gasteiger partial charge in [-0.15, -0.1) is 0 Å². The molecule has 0 spiro atoms. The van der Waals surface area contributed by atoms with Crippen molar-refractivity contribution >= 4 is 34.7 Å². The number of fused-ring (bicyclic) bond motifs is 1. The molecule has 1 aliphatic rings. The van der Waals surface area contributed by atoms with Gasteiger partial charge in [0.2, 0.25) is 5.91 Å². The Morgan fingerprint density at radius 2 is 1.98 bits per heavy atom. The van der Waals surface area contributed by atoms with E-state index in [0.717, 1.165) is 53.4 Å². The predicted molar refractivity (Wildman–Crippen MR) is 158 cm³/mol. The van der Waals surface area contributed by atoms with E-state index >= 15 is 0 Å². The minimum absolute atomic E-state index is 0.0203. The van der Waals surface area contributed by atoms with Crippen LogP contribution in [0.5, 0.6) is 0 Å². The first-order chi connectivity index (χ1) is 19.5. The number of anilines is 1. The number of para-hydroxylation sites is 1. The lowest BCUT2D eigenvalue weighted by molar-refractivity contribution is -0.119. The minimum atomic E-state index is -0.302. The smallest absolute Gasteiger partial charge is 0.227 e. The number of halogens is 1. The fraction of sp³-hybridized carbons (Fsp3) is 0.258. The van der Waals surface area contributed by atoms with Gasteiger partial charge in [-0.2, -0.15) is 5.10 Å². The van der Waals surface area contributed by atoms with Crippen molar-refractivity contribution in [3.8, 4) is 11.1 Å². The summed E-state index contributed by atoms with van der Waals surface area (Å²) in [5, 5.41) is 7.50. The van der Waals surface area contributed by atoms with Gasteiger partial charge in [0.05, 0.1) is 22.9 Å². The molecule has 1 amide bonds. The second-order valence-electron chi connectivity index (χ2n) is 9.94. The van der Waals surface area contributed by atoms with Crippen LogP contribution in [0.15, 0.2) is 83.2 Å². The number of rotatable bonds is 9. The van der Waals surface area contributed by atoms with Crippen LogP contribution in [0, 0.1) is 11.7 Å². The first-order valence-electron chi connectivity index (χ1n) is 13.4. The number of aromatic nitrogens is 3. The van der Waals surface area contributed by atoms with E-state index in [1.165, 1.54) is 18.5 Å². The monoisotopic (exact) mass is 537 g/mol. The number of imidazole rings is 1. The molecule has 4 aromatic rings. The summed E-state index contributed by atoms with van der Waals surface area (Å²) in [6.07, 6.45) is 13.0. The van der Waals surface area contributed by atoms with E-state index in [1.54, 1.807) is 25.5 Å². The summed E-state index contributed by atoms with van der Waals surface area (Å²) in [6.45, 7) is 2.05. The van der Waals surface area contributed by atoms with E-state index in [2.05, 4.69) is 37.7 Å². The number of carbonyl (C=O) groups is 1. The lowest BCUT2D eigenvalue weighted by Gasteiger charge is -2.12. The molecule has 0 radical (unpaired) electrons. The zero-order chi connectivity index (χ0) is 27.9. The Morgan fingerprint density at radius 3 is 2.77 bits per heavy atom. The van der Waals surface area contributed by atoms with Crippen molar-refractivity contribution in [2.24, 2.45) is 16.0 Å². The standard InChI is InChI=1S/C31H32FN7O/c1-20(23-16-25(18-34-17-23)36-31(40)21-7-3-4-8-21)13-14-28(39-35-19-33-2)30-37-27-12-6-11-26(29(27)38-30)22-9-5-10-24(32)15-22/h5-6,9-21H,3-4,7-8H2,1-2H3,(H,33,35)(H,36,40)(H,37,38)/b14-13+,39-28+. The van der Waals surface area contributed by atoms with Gasteiger partial charge in [0, 0.05) is 30.6 Å². The Labute approximate surface area is 232 Å². The number of benzene rings is 2. The van der Waals surface area contributed by atoms with E-state index < -0.39 is 0 Å². The second kappa shape index (κ2) is 12.5. The Bertz CT molecular complexity index is 1580. The van der Waals surface area contributed by atoms with Crippen molar-refractivity contribution < 1.29 is 9.18 Å². The second-order valence-corrected chi connectivity index (χ2v) is 9.94. The molecule has 3 N–H and O–H groups in total. The zero-order valence-electron chi connectivity index (χ0n) is 22.6. The molecule has 204 valence electrons. The number of pyridine rings is 1. The number of allylic oxidation sites excluding steroid dienone is 2. The van der Waals surface area contributed by atoms with Crippen LogP contribution in [0.25, 0.3) is 22.2 Å². The van der Waals surface area contributed by atoms with Gasteiger partial charge in [-0.25, -0.2) is 9.37 Å². The summed E-state index contributed by atoms with van der Waals surface area (Å²) in [5.74, 6) is 0.386. The molecule has 1 unspecified atom stereocenters. The molecule has 8 nitrogen and oxygen atoms in total. The number of hydrogen-bond donors (Lipinski definition) is 3. The van der Waals surface area contributed by atoms with Crippen molar-refractivity contribution in [3.63, 3.8) is 0 Å². The van der Waals surface area contributed by atoms with Gasteiger partial charge in [0.15, 0.2) is 5.82 Å². The number of hydrogen-bond acceptors (Lipinski definition) is 5. The molecule has 2 aromatic heterocycles. The molecule has 9 heteroatoms. The SMILES string of the molecule is CN=CN/N=C(\C=C\C(C)c1cncc(NC(=O)C2CCCC2)c1)c1nc2c(-c3cccc(F)c3)cccc2[nH]1. The van der Waals surface area contributed by atoms with Crippen LogP contribution in [0.2, 0.25) is 0 Å². The number of carbonyl (C=O) groups excluding carboxylic acids is 1. The van der Waals surface area contributed by atoms with Crippen molar-refractivity contribution in [3.05, 3.63) is 90.3 Å². The van der Waals surface area contributed by atoms with Gasteiger partial charge in [0.1, 0.15) is 17.9 Å². The topological polar surface area (TPSA) is 107 Å². The Hall–Kier alpha value is -4.66. The highest BCUT2D eigenvalue weighted by molar-refractivity contribution is 6.08. The molecule has 0 bridgehead atoms. The number of aromatic amines is 1. The van der Waals surface area contributed by atoms with Gasteiger partial charge in [0.25, 0.3) is 0 Å². The molecular weight excluding hydrogens is 505 g/mol. The maximum Gasteiger partial charge on any atom is 0.227 e. The molecule has 5 rings (SSSR count). The van der Waals surface area contributed by atoms with Crippen molar-refractivity contribution in [2.45, 2.75) is 38.5 Å². The molecule has 2 aromatic carbocycles. The van der Waals surface area contributed by atoms with Gasteiger partial charge in [-0.3, -0.25) is 20.2 Å². The summed E-state index contributed by atoms with van der Waals surface area (Å²) < 4.78 is 13.9. The van der Waals surface area contributed by atoms with Crippen molar-refractivity contribution in [1.29, 1.82) is 0 Å². The summed E-state index contributed by atoms with van der Waals surface area (Å²) in [4.78, 5) is 29.0. The Kier molecular flexibility index (Phi) is 8.39. The van der Waals surface area contributed by atoms with Crippen LogP contribution in [0.4, 0.5) is 10.1 Å². The molecule has 0 aliphatic heterocycles. The van der Waals surface area contributed by atoms with E-state index in [-0.39, 0.29) is 23.6 Å². The highest BCUT2D eigenvalue weighted by Crippen LogP contribution is 2.29. The maximum atomic E-state index is 13.9. The summed E-state index contributed by atoms with van der Waals surface area (Å²) in [6, 6.07) is 14.2. The van der Waals surface area contributed by atoms with Gasteiger partial charge < -0.3 is 10.3 Å². The molecule has 1 saturated carbocycles. The average Bonchev–Trinajstić information content (AvgIpc) is 3.65. The number of hydrazone groups is 1. The number of nitrogens with zero attached hydrogens (tertiary/aromatic N) is 4. The highest BCUT2D eigenvalue weighted by atomic mass is 19.1. The Balaban J connectivity index is 1.40. The van der Waals surface area contributed by atoms with E-state index in [0.29, 0.717) is 17.2 Å². The average molecular weight is 538 g/mol. The maximum absolute atomic E-state index is 13.9. The van der Waals surface area contributed by atoms with Crippen LogP contribution >= 0.6 is 0 Å². The van der Waals surface area contributed by atoms with Crippen molar-refractivity contribution in [1.82, 2.24) is 20.4 Å². The summed E-state index contributed by atoms with van der Waals surface area (Å²) in [5.41, 5.74) is 8.15. The fourth-order valence-corrected chi connectivity index (χ4v) is 4.92. The first kappa shape index (κ1) is 26.9. The lowest BCUT2D eigenvalue weighted by atomic mass is 10.0. The molecule has 2 heterocycles. The third-order valence-electron chi connectivity index (χ3n) is 7.08. The molecule has 1 aliphatic carbocycles. The number of aliphatic imine (C=N–C) groups is 1. The molecule has 40 heavy (non-hydrogen) atoms. The van der Waals surface area contributed by atoms with Crippen LogP contribution in [-0.4, -0.2) is 40.0 Å². The minimum Gasteiger partial charge on any atom is -0.337 e. The largest absolute Gasteiger partial charge is 0.337 e. The molecule has 1 fully saturated rings. The van der Waals surface area contributed by atoms with E-state index in [1.807, 2.05) is 42.5 Å². The van der Waals surface area contributed by atoms with Crippen molar-refractivity contribution in [2.75, 3.05) is 12.4 Å². The van der Waals surface area contributed by atoms with Crippen LogP contribution < -0.4 is 10.7 Å². The molecule has 0 saturated heterocycles. The fourth-order valence-electron chi connectivity index (χ4n) is 4.92.